The maximum Gasteiger partial charge on any atom is 0.363 e. The van der Waals surface area contributed by atoms with E-state index in [0.717, 1.165) is 4.90 Å². The zero-order valence-electron chi connectivity index (χ0n) is 13.7. The molecule has 0 fully saturated rings. The van der Waals surface area contributed by atoms with Crippen LogP contribution in [0.2, 0.25) is 5.02 Å². The summed E-state index contributed by atoms with van der Waals surface area (Å²) in [7, 11) is 0. The van der Waals surface area contributed by atoms with Gasteiger partial charge in [0.25, 0.3) is 0 Å². The molecule has 0 spiro atoms. The normalized spacial score (nSPS) is 15.1. The average molecular weight is 400 g/mol. The molecule has 0 saturated heterocycles. The first-order valence-corrected chi connectivity index (χ1v) is 9.09. The van der Waals surface area contributed by atoms with Gasteiger partial charge in [0, 0.05) is 16.0 Å². The smallest absolute Gasteiger partial charge is 0.363 e. The molecule has 2 heterocycles. The molecule has 3 aromatic rings. The van der Waals surface area contributed by atoms with E-state index in [9.17, 15) is 9.18 Å². The Labute approximate surface area is 163 Å². The van der Waals surface area contributed by atoms with Crippen molar-refractivity contribution in [2.75, 3.05) is 0 Å². The fourth-order valence-corrected chi connectivity index (χ4v) is 3.28. The van der Waals surface area contributed by atoms with E-state index < -0.39 is 11.8 Å². The minimum absolute atomic E-state index is 0.0469. The number of aliphatic imine (C=N–C) groups is 1. The van der Waals surface area contributed by atoms with E-state index in [1.54, 1.807) is 36.4 Å². The number of halogens is 2. The lowest BCUT2D eigenvalue weighted by atomic mass is 10.2. The number of carbonyl (C=O) groups is 1. The molecule has 27 heavy (non-hydrogen) atoms. The van der Waals surface area contributed by atoms with Gasteiger partial charge in [-0.1, -0.05) is 35.5 Å². The summed E-state index contributed by atoms with van der Waals surface area (Å²) in [4.78, 5) is 17.1. The summed E-state index contributed by atoms with van der Waals surface area (Å²) < 4.78 is 24.6. The van der Waals surface area contributed by atoms with Gasteiger partial charge in [-0.25, -0.2) is 14.2 Å². The van der Waals surface area contributed by atoms with Crippen LogP contribution in [0, 0.1) is 5.82 Å². The predicted molar refractivity (Wildman–Crippen MR) is 101 cm³/mol. The van der Waals surface area contributed by atoms with Crippen LogP contribution >= 0.6 is 23.4 Å². The van der Waals surface area contributed by atoms with Crippen LogP contribution < -0.4 is 0 Å². The molecule has 0 aliphatic carbocycles. The highest BCUT2D eigenvalue weighted by atomic mass is 35.5. The third-order valence-electron chi connectivity index (χ3n) is 3.64. The molecule has 7 heteroatoms. The summed E-state index contributed by atoms with van der Waals surface area (Å²) in [6.45, 7) is 0. The fourth-order valence-electron chi connectivity index (χ4n) is 2.38. The summed E-state index contributed by atoms with van der Waals surface area (Å²) in [5, 5.41) is 1.31. The van der Waals surface area contributed by atoms with Crippen molar-refractivity contribution in [2.45, 2.75) is 9.99 Å². The first-order chi connectivity index (χ1) is 13.1. The van der Waals surface area contributed by atoms with Crippen LogP contribution in [0.3, 0.4) is 0 Å². The molecule has 2 aromatic carbocycles. The van der Waals surface area contributed by atoms with Gasteiger partial charge < -0.3 is 9.15 Å². The van der Waals surface area contributed by atoms with Crippen molar-refractivity contribution < 1.29 is 18.3 Å². The Morgan fingerprint density at radius 1 is 1.04 bits per heavy atom. The second-order valence-corrected chi connectivity index (χ2v) is 7.04. The van der Waals surface area contributed by atoms with Gasteiger partial charge in [0.15, 0.2) is 10.8 Å². The largest absolute Gasteiger partial charge is 0.450 e. The second-order valence-electron chi connectivity index (χ2n) is 5.53. The standard InChI is InChI=1S/C20H11ClFNO3S/c21-12-5-8-14(9-6-12)27-18-10-7-13(25-18)11-17-20(24)26-19(23-17)15-3-1-2-4-16(15)22/h1-11H. The first-order valence-electron chi connectivity index (χ1n) is 7.89. The van der Waals surface area contributed by atoms with Crippen molar-refractivity contribution in [3.05, 3.63) is 88.5 Å². The van der Waals surface area contributed by atoms with Crippen molar-refractivity contribution in [1.29, 1.82) is 0 Å². The van der Waals surface area contributed by atoms with Gasteiger partial charge in [-0.05, 0) is 48.5 Å². The van der Waals surface area contributed by atoms with E-state index in [1.165, 1.54) is 30.0 Å². The number of hydrogen-bond acceptors (Lipinski definition) is 5. The number of benzene rings is 2. The van der Waals surface area contributed by atoms with Crippen molar-refractivity contribution in [1.82, 2.24) is 0 Å². The number of rotatable bonds is 4. The number of carbonyl (C=O) groups excluding carboxylic acids is 1. The Kier molecular flexibility index (Phi) is 4.83. The van der Waals surface area contributed by atoms with Gasteiger partial charge in [-0.15, -0.1) is 0 Å². The van der Waals surface area contributed by atoms with Crippen LogP contribution in [0.5, 0.6) is 0 Å². The molecule has 1 aliphatic heterocycles. The molecule has 0 bridgehead atoms. The lowest BCUT2D eigenvalue weighted by molar-refractivity contribution is -0.129. The lowest BCUT2D eigenvalue weighted by Crippen LogP contribution is -2.07. The highest BCUT2D eigenvalue weighted by Gasteiger charge is 2.26. The van der Waals surface area contributed by atoms with Crippen molar-refractivity contribution >= 4 is 41.3 Å². The number of esters is 1. The monoisotopic (exact) mass is 399 g/mol. The molecule has 4 rings (SSSR count). The summed E-state index contributed by atoms with van der Waals surface area (Å²) in [6, 6.07) is 16.8. The Balaban J connectivity index is 1.55. The van der Waals surface area contributed by atoms with Gasteiger partial charge >= 0.3 is 5.97 Å². The van der Waals surface area contributed by atoms with Crippen LogP contribution in [0.15, 0.2) is 85.8 Å². The SMILES string of the molecule is O=C1OC(c2ccccc2F)=NC1=Cc1ccc(Sc2ccc(Cl)cc2)o1. The number of hydrogen-bond donors (Lipinski definition) is 0. The van der Waals surface area contributed by atoms with Gasteiger partial charge in [0.05, 0.1) is 5.56 Å². The summed E-state index contributed by atoms with van der Waals surface area (Å²) in [6.07, 6.45) is 1.46. The zero-order chi connectivity index (χ0) is 18.8. The molecule has 134 valence electrons. The number of furan rings is 1. The van der Waals surface area contributed by atoms with E-state index in [1.807, 2.05) is 12.1 Å². The fraction of sp³-hybridized carbons (Fsp3) is 0. The average Bonchev–Trinajstić information content (AvgIpc) is 3.24. The molecule has 0 N–H and O–H groups in total. The van der Waals surface area contributed by atoms with E-state index in [4.69, 9.17) is 20.8 Å². The zero-order valence-corrected chi connectivity index (χ0v) is 15.3. The molecule has 4 nitrogen and oxygen atoms in total. The van der Waals surface area contributed by atoms with Gasteiger partial charge in [-0.3, -0.25) is 0 Å². The highest BCUT2D eigenvalue weighted by molar-refractivity contribution is 7.99. The molecule has 0 unspecified atom stereocenters. The van der Waals surface area contributed by atoms with E-state index in [2.05, 4.69) is 4.99 Å². The molecule has 0 amide bonds. The van der Waals surface area contributed by atoms with Crippen LogP contribution in [0.4, 0.5) is 4.39 Å². The van der Waals surface area contributed by atoms with E-state index in [-0.39, 0.29) is 17.2 Å². The minimum Gasteiger partial charge on any atom is -0.450 e. The Morgan fingerprint density at radius 2 is 1.81 bits per heavy atom. The van der Waals surface area contributed by atoms with Crippen molar-refractivity contribution in [2.24, 2.45) is 4.99 Å². The molecule has 0 atom stereocenters. The molecular weight excluding hydrogens is 389 g/mol. The minimum atomic E-state index is -0.656. The number of nitrogens with zero attached hydrogens (tertiary/aromatic N) is 1. The van der Waals surface area contributed by atoms with Gasteiger partial charge in [-0.2, -0.15) is 0 Å². The molecule has 0 saturated carbocycles. The highest BCUT2D eigenvalue weighted by Crippen LogP contribution is 2.31. The quantitative estimate of drug-likeness (QED) is 0.425. The summed E-state index contributed by atoms with van der Waals surface area (Å²) >= 11 is 7.29. The Hall–Kier alpha value is -2.83. The number of ether oxygens (including phenoxy) is 1. The molecule has 1 aliphatic rings. The third kappa shape index (κ3) is 3.97. The van der Waals surface area contributed by atoms with Crippen LogP contribution in [0.1, 0.15) is 11.3 Å². The van der Waals surface area contributed by atoms with Gasteiger partial charge in [0.1, 0.15) is 11.6 Å². The van der Waals surface area contributed by atoms with Crippen LogP contribution in [-0.4, -0.2) is 11.9 Å². The van der Waals surface area contributed by atoms with Crippen molar-refractivity contribution in [3.8, 4) is 0 Å². The lowest BCUT2D eigenvalue weighted by Gasteiger charge is -1.99. The van der Waals surface area contributed by atoms with Gasteiger partial charge in [0.2, 0.25) is 5.90 Å². The van der Waals surface area contributed by atoms with Crippen LogP contribution in [-0.2, 0) is 9.53 Å². The Morgan fingerprint density at radius 3 is 2.59 bits per heavy atom. The molecule has 1 aromatic heterocycles. The summed E-state index contributed by atoms with van der Waals surface area (Å²) in [5.74, 6) is -0.787. The van der Waals surface area contributed by atoms with Crippen LogP contribution in [0.25, 0.3) is 6.08 Å². The van der Waals surface area contributed by atoms with E-state index in [0.29, 0.717) is 15.9 Å². The number of cyclic esters (lactones) is 1. The topological polar surface area (TPSA) is 51.8 Å². The molecular formula is C20H11ClFNO3S. The Bertz CT molecular complexity index is 1070. The maximum atomic E-state index is 13.8. The predicted octanol–water partition coefficient (Wildman–Crippen LogP) is 5.57. The maximum absolute atomic E-state index is 13.8. The second kappa shape index (κ2) is 7.42. The molecule has 0 radical (unpaired) electrons. The first kappa shape index (κ1) is 17.6. The van der Waals surface area contributed by atoms with E-state index >= 15 is 0 Å². The van der Waals surface area contributed by atoms with Crippen molar-refractivity contribution in [3.63, 3.8) is 0 Å². The third-order valence-corrected chi connectivity index (χ3v) is 4.82. The summed E-state index contributed by atoms with van der Waals surface area (Å²) in [5.41, 5.74) is 0.179.